The molecule has 1 aliphatic carbocycles. The molecular weight excluding hydrogens is 372 g/mol. The zero-order valence-electron chi connectivity index (χ0n) is 17.2. The summed E-state index contributed by atoms with van der Waals surface area (Å²) in [6, 6.07) is 7.50. The summed E-state index contributed by atoms with van der Waals surface area (Å²) in [4.78, 5) is 24.5. The summed E-state index contributed by atoms with van der Waals surface area (Å²) in [6.45, 7) is 3.90. The summed E-state index contributed by atoms with van der Waals surface area (Å²) in [6.07, 6.45) is 5.93. The summed E-state index contributed by atoms with van der Waals surface area (Å²) in [5, 5.41) is 12.2. The van der Waals surface area contributed by atoms with E-state index in [1.165, 1.54) is 13.0 Å². The third kappa shape index (κ3) is 6.24. The minimum atomic E-state index is -0.992. The monoisotopic (exact) mass is 400 g/mol. The Kier molecular flexibility index (Phi) is 8.08. The van der Waals surface area contributed by atoms with Gasteiger partial charge in [0.25, 0.3) is 5.91 Å². The van der Waals surface area contributed by atoms with Crippen molar-refractivity contribution in [1.29, 1.82) is 5.26 Å². The average molecular weight is 400 g/mol. The Morgan fingerprint density at radius 3 is 2.62 bits per heavy atom. The molecule has 0 heterocycles. The second-order valence-electron chi connectivity index (χ2n) is 7.00. The quantitative estimate of drug-likeness (QED) is 0.531. The molecule has 0 spiro atoms. The van der Waals surface area contributed by atoms with Gasteiger partial charge in [0.1, 0.15) is 5.54 Å². The highest BCUT2D eigenvalue weighted by Crippen LogP contribution is 2.29. The van der Waals surface area contributed by atoms with Crippen LogP contribution >= 0.6 is 0 Å². The maximum Gasteiger partial charge on any atom is 0.331 e. The molecule has 29 heavy (non-hydrogen) atoms. The number of ether oxygens (including phenoxy) is 3. The number of esters is 1. The number of carbonyl (C=O) groups excluding carboxylic acids is 2. The number of hydrogen-bond acceptors (Lipinski definition) is 6. The third-order valence-corrected chi connectivity index (χ3v) is 4.85. The molecule has 156 valence electrons. The highest BCUT2D eigenvalue weighted by atomic mass is 16.5. The van der Waals surface area contributed by atoms with Crippen molar-refractivity contribution in [3.63, 3.8) is 0 Å². The number of nitrogens with one attached hydrogen (secondary N) is 1. The van der Waals surface area contributed by atoms with E-state index in [1.807, 2.05) is 6.92 Å². The largest absolute Gasteiger partial charge is 0.493 e. The highest BCUT2D eigenvalue weighted by molar-refractivity contribution is 5.90. The van der Waals surface area contributed by atoms with Crippen LogP contribution in [0, 0.1) is 11.3 Å². The van der Waals surface area contributed by atoms with E-state index in [0.717, 1.165) is 24.8 Å². The Morgan fingerprint density at radius 2 is 2.00 bits per heavy atom. The van der Waals surface area contributed by atoms with Crippen molar-refractivity contribution in [1.82, 2.24) is 5.32 Å². The first-order valence-corrected chi connectivity index (χ1v) is 9.86. The first-order chi connectivity index (χ1) is 13.9. The minimum Gasteiger partial charge on any atom is -0.493 e. The van der Waals surface area contributed by atoms with Crippen LogP contribution in [0.5, 0.6) is 11.5 Å². The van der Waals surface area contributed by atoms with Crippen molar-refractivity contribution in [3.05, 3.63) is 29.8 Å². The van der Waals surface area contributed by atoms with Gasteiger partial charge in [-0.05, 0) is 50.5 Å². The molecule has 2 rings (SSSR count). The molecule has 0 radical (unpaired) electrons. The van der Waals surface area contributed by atoms with Gasteiger partial charge in [-0.1, -0.05) is 25.3 Å². The molecule has 1 aromatic rings. The van der Waals surface area contributed by atoms with E-state index in [0.29, 0.717) is 30.9 Å². The van der Waals surface area contributed by atoms with Crippen LogP contribution in [-0.2, 0) is 14.3 Å². The normalized spacial score (nSPS) is 16.5. The Morgan fingerprint density at radius 1 is 1.28 bits per heavy atom. The van der Waals surface area contributed by atoms with Crippen molar-refractivity contribution in [2.24, 2.45) is 0 Å². The maximum absolute atomic E-state index is 12.4. The van der Waals surface area contributed by atoms with Crippen LogP contribution in [0.15, 0.2) is 24.3 Å². The molecule has 0 aromatic heterocycles. The molecule has 0 bridgehead atoms. The second-order valence-corrected chi connectivity index (χ2v) is 7.00. The molecule has 7 nitrogen and oxygen atoms in total. The third-order valence-electron chi connectivity index (χ3n) is 4.85. The number of nitriles is 1. The van der Waals surface area contributed by atoms with Gasteiger partial charge in [0.15, 0.2) is 17.6 Å². The zero-order chi connectivity index (χ0) is 21.3. The summed E-state index contributed by atoms with van der Waals surface area (Å²) in [7, 11) is 1.54. The topological polar surface area (TPSA) is 97.6 Å². The fraction of sp³-hybridized carbons (Fsp3) is 0.500. The molecule has 0 aliphatic heterocycles. The molecular formula is C22H28N2O5. The van der Waals surface area contributed by atoms with E-state index < -0.39 is 23.5 Å². The fourth-order valence-electron chi connectivity index (χ4n) is 3.25. The number of hydrogen-bond donors (Lipinski definition) is 1. The summed E-state index contributed by atoms with van der Waals surface area (Å²) in [5.41, 5.74) is -0.130. The Labute approximate surface area is 171 Å². The van der Waals surface area contributed by atoms with Crippen LogP contribution in [-0.4, -0.2) is 37.2 Å². The summed E-state index contributed by atoms with van der Waals surface area (Å²) in [5.74, 6) is 0.0756. The van der Waals surface area contributed by atoms with Gasteiger partial charge in [-0.15, -0.1) is 0 Å². The van der Waals surface area contributed by atoms with Gasteiger partial charge in [-0.2, -0.15) is 5.26 Å². The lowest BCUT2D eigenvalue weighted by molar-refractivity contribution is -0.150. The highest BCUT2D eigenvalue weighted by Gasteiger charge is 2.35. The van der Waals surface area contributed by atoms with E-state index in [4.69, 9.17) is 14.2 Å². The van der Waals surface area contributed by atoms with Crippen LogP contribution < -0.4 is 14.8 Å². The lowest BCUT2D eigenvalue weighted by Gasteiger charge is -2.32. The molecule has 1 amide bonds. The average Bonchev–Trinajstić information content (AvgIpc) is 2.73. The van der Waals surface area contributed by atoms with Gasteiger partial charge in [0, 0.05) is 6.08 Å². The van der Waals surface area contributed by atoms with Gasteiger partial charge in [0.2, 0.25) is 0 Å². The Bertz CT molecular complexity index is 791. The van der Waals surface area contributed by atoms with Gasteiger partial charge in [-0.25, -0.2) is 4.79 Å². The SMILES string of the molecule is CCOc1ccc(/C=C/C(=O)O[C@H](C)C(=O)NC2(C#N)CCCCC2)cc1OC. The van der Waals surface area contributed by atoms with Gasteiger partial charge in [0.05, 0.1) is 19.8 Å². The standard InChI is InChI=1S/C22H28N2O5/c1-4-28-18-10-8-17(14-19(18)27-3)9-11-20(25)29-16(2)21(26)24-22(15-23)12-6-5-7-13-22/h8-11,14,16H,4-7,12-13H2,1-3H3,(H,24,26)/b11-9+/t16-/m1/s1. The molecule has 1 aliphatic rings. The van der Waals surface area contributed by atoms with Crippen LogP contribution in [0.4, 0.5) is 0 Å². The fourth-order valence-corrected chi connectivity index (χ4v) is 3.25. The summed E-state index contributed by atoms with van der Waals surface area (Å²) >= 11 is 0. The Hall–Kier alpha value is -3.01. The van der Waals surface area contributed by atoms with Crippen molar-refractivity contribution in [2.45, 2.75) is 57.6 Å². The van der Waals surface area contributed by atoms with Crippen molar-refractivity contribution >= 4 is 18.0 Å². The number of benzene rings is 1. The van der Waals surface area contributed by atoms with E-state index in [2.05, 4.69) is 11.4 Å². The lowest BCUT2D eigenvalue weighted by Crippen LogP contribution is -2.52. The van der Waals surface area contributed by atoms with Crippen LogP contribution in [0.2, 0.25) is 0 Å². The molecule has 0 unspecified atom stereocenters. The number of methoxy groups -OCH3 is 1. The molecule has 1 aromatic carbocycles. The number of rotatable bonds is 8. The molecule has 1 N–H and O–H groups in total. The lowest BCUT2D eigenvalue weighted by atomic mass is 9.83. The van der Waals surface area contributed by atoms with Crippen LogP contribution in [0.25, 0.3) is 6.08 Å². The van der Waals surface area contributed by atoms with Gasteiger partial charge in [-0.3, -0.25) is 4.79 Å². The van der Waals surface area contributed by atoms with Crippen molar-refractivity contribution in [3.8, 4) is 17.6 Å². The molecule has 0 saturated heterocycles. The minimum absolute atomic E-state index is 0.460. The Balaban J connectivity index is 1.94. The van der Waals surface area contributed by atoms with Crippen LogP contribution in [0.1, 0.15) is 51.5 Å². The van der Waals surface area contributed by atoms with Gasteiger partial charge < -0.3 is 19.5 Å². The number of carbonyl (C=O) groups is 2. The number of nitrogens with zero attached hydrogens (tertiary/aromatic N) is 1. The first kappa shape index (κ1) is 22.3. The zero-order valence-corrected chi connectivity index (χ0v) is 17.2. The first-order valence-electron chi connectivity index (χ1n) is 9.86. The van der Waals surface area contributed by atoms with Crippen molar-refractivity contribution < 1.29 is 23.8 Å². The van der Waals surface area contributed by atoms with Crippen LogP contribution in [0.3, 0.4) is 0 Å². The van der Waals surface area contributed by atoms with E-state index in [1.54, 1.807) is 31.4 Å². The second kappa shape index (κ2) is 10.5. The van der Waals surface area contributed by atoms with E-state index in [-0.39, 0.29) is 0 Å². The molecule has 1 fully saturated rings. The predicted octanol–water partition coefficient (Wildman–Crippen LogP) is 3.38. The smallest absolute Gasteiger partial charge is 0.331 e. The maximum atomic E-state index is 12.4. The van der Waals surface area contributed by atoms with E-state index >= 15 is 0 Å². The van der Waals surface area contributed by atoms with Gasteiger partial charge >= 0.3 is 5.97 Å². The van der Waals surface area contributed by atoms with E-state index in [9.17, 15) is 14.9 Å². The summed E-state index contributed by atoms with van der Waals surface area (Å²) < 4.78 is 15.9. The van der Waals surface area contributed by atoms with Crippen molar-refractivity contribution in [2.75, 3.05) is 13.7 Å². The molecule has 1 saturated carbocycles. The predicted molar refractivity (Wildman–Crippen MR) is 108 cm³/mol. The molecule has 7 heteroatoms. The molecule has 1 atom stereocenters. The number of amides is 1.